The second-order valence-electron chi connectivity index (χ2n) is 7.50. The normalized spacial score (nSPS) is 11.0. The number of rotatable bonds is 8. The lowest BCUT2D eigenvalue weighted by Gasteiger charge is -2.12. The first kappa shape index (κ1) is 20.0. The van der Waals surface area contributed by atoms with Crippen LogP contribution in [0, 0.1) is 6.92 Å². The topological polar surface area (TPSA) is 60.3 Å². The van der Waals surface area contributed by atoms with Gasteiger partial charge in [0.05, 0.1) is 12.8 Å². The van der Waals surface area contributed by atoms with E-state index in [1.807, 2.05) is 42.5 Å². The van der Waals surface area contributed by atoms with Crippen molar-refractivity contribution in [3.8, 4) is 28.5 Å². The van der Waals surface area contributed by atoms with Crippen molar-refractivity contribution < 1.29 is 9.47 Å². The minimum absolute atomic E-state index is 0.702. The Kier molecular flexibility index (Phi) is 6.05. The van der Waals surface area contributed by atoms with Crippen LogP contribution in [0.3, 0.4) is 0 Å². The van der Waals surface area contributed by atoms with Gasteiger partial charge in [0, 0.05) is 16.5 Å². The number of fused-ring (bicyclic) bond motifs is 1. The number of hydrogen-bond donors (Lipinski definition) is 2. The van der Waals surface area contributed by atoms with E-state index < -0.39 is 0 Å². The van der Waals surface area contributed by atoms with Crippen LogP contribution in [-0.2, 0) is 6.42 Å². The summed E-state index contributed by atoms with van der Waals surface area (Å²) in [7, 11) is 1.71. The van der Waals surface area contributed by atoms with Crippen molar-refractivity contribution in [2.45, 2.75) is 26.2 Å². The third-order valence-corrected chi connectivity index (χ3v) is 5.43. The molecule has 1 aromatic heterocycles. The van der Waals surface area contributed by atoms with Crippen molar-refractivity contribution in [3.63, 3.8) is 0 Å². The lowest BCUT2D eigenvalue weighted by Crippen LogP contribution is -1.99. The van der Waals surface area contributed by atoms with Crippen molar-refractivity contribution in [2.75, 3.05) is 13.7 Å². The number of unbranched alkanes of at least 4 members (excludes halogenated alkanes) is 1. The van der Waals surface area contributed by atoms with Crippen LogP contribution in [0.1, 0.15) is 24.0 Å². The van der Waals surface area contributed by atoms with Gasteiger partial charge < -0.3 is 20.2 Å². The van der Waals surface area contributed by atoms with Crippen LogP contribution in [0.4, 0.5) is 0 Å². The average Bonchev–Trinajstić information content (AvgIpc) is 3.14. The van der Waals surface area contributed by atoms with Crippen LogP contribution in [0.15, 0.2) is 66.7 Å². The first-order valence-electron chi connectivity index (χ1n) is 10.4. The standard InChI is InChI=1S/C26H28N2O2/c1-18-16-20(29-2)17-23-21(12-8-9-15-27)26(28-25(18)23)22-13-6-7-14-24(22)30-19-10-4-3-5-11-19/h3-7,10-11,13-14,16-17,28H,8-9,12,15,27H2,1-2H3. The molecule has 4 aromatic rings. The van der Waals surface area contributed by atoms with Crippen molar-refractivity contribution in [3.05, 3.63) is 77.9 Å². The highest BCUT2D eigenvalue weighted by Crippen LogP contribution is 2.40. The number of aryl methyl sites for hydroxylation is 2. The van der Waals surface area contributed by atoms with Gasteiger partial charge in [0.15, 0.2) is 0 Å². The van der Waals surface area contributed by atoms with E-state index in [1.54, 1.807) is 7.11 Å². The zero-order valence-corrected chi connectivity index (χ0v) is 17.6. The van der Waals surface area contributed by atoms with Gasteiger partial charge in [-0.15, -0.1) is 0 Å². The Morgan fingerprint density at radius 2 is 1.67 bits per heavy atom. The third kappa shape index (κ3) is 4.05. The van der Waals surface area contributed by atoms with Gasteiger partial charge in [0.25, 0.3) is 0 Å². The maximum atomic E-state index is 6.25. The Labute approximate surface area is 177 Å². The van der Waals surface area contributed by atoms with E-state index in [0.717, 1.165) is 58.8 Å². The van der Waals surface area contributed by atoms with E-state index in [1.165, 1.54) is 10.9 Å². The van der Waals surface area contributed by atoms with Crippen LogP contribution in [0.5, 0.6) is 17.2 Å². The van der Waals surface area contributed by atoms with Gasteiger partial charge in [-0.05, 0) is 80.3 Å². The van der Waals surface area contributed by atoms with Crippen LogP contribution < -0.4 is 15.2 Å². The number of ether oxygens (including phenoxy) is 2. The molecule has 0 aliphatic rings. The van der Waals surface area contributed by atoms with Gasteiger partial charge >= 0.3 is 0 Å². The molecule has 0 bridgehead atoms. The predicted octanol–water partition coefficient (Wildman–Crippen LogP) is 6.23. The first-order valence-corrected chi connectivity index (χ1v) is 10.4. The van der Waals surface area contributed by atoms with Crippen LogP contribution in [0.25, 0.3) is 22.2 Å². The summed E-state index contributed by atoms with van der Waals surface area (Å²) < 4.78 is 11.8. The van der Waals surface area contributed by atoms with Crippen molar-refractivity contribution in [2.24, 2.45) is 5.73 Å². The molecule has 3 aromatic carbocycles. The summed E-state index contributed by atoms with van der Waals surface area (Å²) in [5, 5.41) is 1.20. The van der Waals surface area contributed by atoms with E-state index in [2.05, 4.69) is 36.2 Å². The van der Waals surface area contributed by atoms with Crippen molar-refractivity contribution >= 4 is 10.9 Å². The Hall–Kier alpha value is -3.24. The maximum Gasteiger partial charge on any atom is 0.136 e. The number of hydrogen-bond acceptors (Lipinski definition) is 3. The zero-order valence-electron chi connectivity index (χ0n) is 17.6. The number of para-hydroxylation sites is 2. The highest BCUT2D eigenvalue weighted by molar-refractivity contribution is 5.94. The van der Waals surface area contributed by atoms with E-state index in [9.17, 15) is 0 Å². The van der Waals surface area contributed by atoms with Gasteiger partial charge in [-0.1, -0.05) is 30.3 Å². The monoisotopic (exact) mass is 400 g/mol. The second kappa shape index (κ2) is 9.06. The van der Waals surface area contributed by atoms with Gasteiger partial charge in [0.2, 0.25) is 0 Å². The number of H-pyrrole nitrogens is 1. The predicted molar refractivity (Wildman–Crippen MR) is 124 cm³/mol. The fourth-order valence-corrected chi connectivity index (χ4v) is 3.92. The molecular weight excluding hydrogens is 372 g/mol. The molecule has 3 N–H and O–H groups in total. The Balaban J connectivity index is 1.86. The molecule has 4 heteroatoms. The van der Waals surface area contributed by atoms with Crippen LogP contribution >= 0.6 is 0 Å². The summed E-state index contributed by atoms with van der Waals surface area (Å²) in [5.74, 6) is 2.53. The van der Waals surface area contributed by atoms with Crippen molar-refractivity contribution in [1.82, 2.24) is 4.98 Å². The molecule has 0 fully saturated rings. The molecule has 0 radical (unpaired) electrons. The largest absolute Gasteiger partial charge is 0.497 e. The lowest BCUT2D eigenvalue weighted by atomic mass is 9.99. The van der Waals surface area contributed by atoms with E-state index in [-0.39, 0.29) is 0 Å². The summed E-state index contributed by atoms with van der Waals surface area (Å²) >= 11 is 0. The number of nitrogens with two attached hydrogens (primary N) is 1. The lowest BCUT2D eigenvalue weighted by molar-refractivity contribution is 0.415. The second-order valence-corrected chi connectivity index (χ2v) is 7.50. The molecule has 0 amide bonds. The summed E-state index contributed by atoms with van der Waals surface area (Å²) in [4.78, 5) is 3.69. The summed E-state index contributed by atoms with van der Waals surface area (Å²) in [5.41, 5.74) is 11.5. The number of methoxy groups -OCH3 is 1. The molecule has 0 aliphatic heterocycles. The molecule has 0 saturated heterocycles. The number of aromatic nitrogens is 1. The van der Waals surface area contributed by atoms with Gasteiger partial charge in [0.1, 0.15) is 17.2 Å². The fourth-order valence-electron chi connectivity index (χ4n) is 3.92. The SMILES string of the molecule is COc1cc(C)c2[nH]c(-c3ccccc3Oc3ccccc3)c(CCCCN)c2c1. The molecule has 4 nitrogen and oxygen atoms in total. The van der Waals surface area contributed by atoms with E-state index in [4.69, 9.17) is 15.2 Å². The molecule has 0 saturated carbocycles. The smallest absolute Gasteiger partial charge is 0.136 e. The van der Waals surface area contributed by atoms with Gasteiger partial charge in [-0.2, -0.15) is 0 Å². The van der Waals surface area contributed by atoms with Crippen LogP contribution in [0.2, 0.25) is 0 Å². The maximum absolute atomic E-state index is 6.25. The molecule has 0 aliphatic carbocycles. The molecular formula is C26H28N2O2. The highest BCUT2D eigenvalue weighted by atomic mass is 16.5. The zero-order chi connectivity index (χ0) is 20.9. The molecule has 1 heterocycles. The third-order valence-electron chi connectivity index (χ3n) is 5.43. The summed E-state index contributed by atoms with van der Waals surface area (Å²) in [6.07, 6.45) is 2.98. The molecule has 0 spiro atoms. The average molecular weight is 401 g/mol. The minimum Gasteiger partial charge on any atom is -0.497 e. The molecule has 0 unspecified atom stereocenters. The van der Waals surface area contributed by atoms with Gasteiger partial charge in [-0.3, -0.25) is 0 Å². The molecule has 154 valence electrons. The molecule has 4 rings (SSSR count). The first-order chi connectivity index (χ1) is 14.7. The number of nitrogens with one attached hydrogen (secondary N) is 1. The minimum atomic E-state index is 0.702. The Morgan fingerprint density at radius 3 is 2.43 bits per heavy atom. The molecule has 30 heavy (non-hydrogen) atoms. The molecule has 0 atom stereocenters. The summed E-state index contributed by atoms with van der Waals surface area (Å²) in [6.45, 7) is 2.81. The fraction of sp³-hybridized carbons (Fsp3) is 0.231. The van der Waals surface area contributed by atoms with Crippen molar-refractivity contribution in [1.29, 1.82) is 0 Å². The Bertz CT molecular complexity index is 1130. The Morgan fingerprint density at radius 1 is 0.900 bits per heavy atom. The quantitative estimate of drug-likeness (QED) is 0.345. The van der Waals surface area contributed by atoms with E-state index in [0.29, 0.717) is 6.54 Å². The van der Waals surface area contributed by atoms with Crippen LogP contribution in [-0.4, -0.2) is 18.6 Å². The number of aromatic amines is 1. The number of benzene rings is 3. The highest BCUT2D eigenvalue weighted by Gasteiger charge is 2.18. The summed E-state index contributed by atoms with van der Waals surface area (Å²) in [6, 6.07) is 22.3. The van der Waals surface area contributed by atoms with Gasteiger partial charge in [-0.25, -0.2) is 0 Å². The van der Waals surface area contributed by atoms with E-state index >= 15 is 0 Å².